The largest absolute Gasteiger partial charge is 0.452 e. The van der Waals surface area contributed by atoms with Crippen LogP contribution in [0.2, 0.25) is 0 Å². The summed E-state index contributed by atoms with van der Waals surface area (Å²) >= 11 is 0. The average molecular weight is 287 g/mol. The van der Waals surface area contributed by atoms with Gasteiger partial charge in [0.2, 0.25) is 0 Å². The van der Waals surface area contributed by atoms with Gasteiger partial charge in [0.1, 0.15) is 0 Å². The van der Waals surface area contributed by atoms with Gasteiger partial charge in [-0.15, -0.1) is 0 Å². The van der Waals surface area contributed by atoms with E-state index < -0.39 is 16.3 Å². The highest BCUT2D eigenvalue weighted by Crippen LogP contribution is 2.11. The first kappa shape index (κ1) is 15.3. The second kappa shape index (κ2) is 6.95. The SMILES string of the molecule is CCNCc1cccc(NS(=O)(=O)NC(=O)OC)c1. The minimum Gasteiger partial charge on any atom is -0.452 e. The number of nitrogens with one attached hydrogen (secondary N) is 3. The third-order valence-corrected chi connectivity index (χ3v) is 3.10. The molecule has 0 aliphatic rings. The predicted molar refractivity (Wildman–Crippen MR) is 71.9 cm³/mol. The van der Waals surface area contributed by atoms with Crippen LogP contribution >= 0.6 is 0 Å². The van der Waals surface area contributed by atoms with Crippen LogP contribution in [-0.4, -0.2) is 28.2 Å². The Morgan fingerprint density at radius 2 is 2.11 bits per heavy atom. The van der Waals surface area contributed by atoms with Crippen molar-refractivity contribution < 1.29 is 17.9 Å². The summed E-state index contributed by atoms with van der Waals surface area (Å²) in [6.07, 6.45) is -1.05. The average Bonchev–Trinajstić information content (AvgIpc) is 2.35. The Kier molecular flexibility index (Phi) is 5.58. The number of anilines is 1. The van der Waals surface area contributed by atoms with Crippen molar-refractivity contribution in [3.05, 3.63) is 29.8 Å². The normalized spacial score (nSPS) is 10.8. The van der Waals surface area contributed by atoms with Crippen LogP contribution in [0.15, 0.2) is 24.3 Å². The molecule has 0 aliphatic heterocycles. The molecule has 0 bridgehead atoms. The van der Waals surface area contributed by atoms with Gasteiger partial charge in [-0.3, -0.25) is 4.72 Å². The van der Waals surface area contributed by atoms with Crippen molar-refractivity contribution in [2.45, 2.75) is 13.5 Å². The van der Waals surface area contributed by atoms with Crippen LogP contribution in [0.5, 0.6) is 0 Å². The van der Waals surface area contributed by atoms with Crippen LogP contribution in [0.1, 0.15) is 12.5 Å². The molecule has 0 heterocycles. The molecule has 8 heteroatoms. The summed E-state index contributed by atoms with van der Waals surface area (Å²) in [5.41, 5.74) is 1.30. The first-order valence-corrected chi connectivity index (χ1v) is 7.13. The lowest BCUT2D eigenvalue weighted by atomic mass is 10.2. The number of carbonyl (C=O) groups is 1. The Labute approximate surface area is 112 Å². The molecule has 0 aromatic heterocycles. The maximum Gasteiger partial charge on any atom is 0.422 e. The molecule has 106 valence electrons. The van der Waals surface area contributed by atoms with Gasteiger partial charge in [-0.25, -0.2) is 9.52 Å². The molecule has 0 saturated carbocycles. The molecule has 0 unspecified atom stereocenters. The highest BCUT2D eigenvalue weighted by atomic mass is 32.2. The van der Waals surface area contributed by atoms with E-state index in [-0.39, 0.29) is 0 Å². The van der Waals surface area contributed by atoms with E-state index in [1.165, 1.54) is 0 Å². The lowest BCUT2D eigenvalue weighted by molar-refractivity contribution is 0.177. The lowest BCUT2D eigenvalue weighted by Gasteiger charge is -2.10. The van der Waals surface area contributed by atoms with Gasteiger partial charge < -0.3 is 10.1 Å². The number of methoxy groups -OCH3 is 1. The molecule has 1 rings (SSSR count). The Balaban J connectivity index is 2.73. The molecule has 0 aliphatic carbocycles. The van der Waals surface area contributed by atoms with E-state index in [9.17, 15) is 13.2 Å². The zero-order chi connectivity index (χ0) is 14.3. The van der Waals surface area contributed by atoms with E-state index in [1.54, 1.807) is 22.9 Å². The summed E-state index contributed by atoms with van der Waals surface area (Å²) in [5, 5.41) is 3.13. The maximum atomic E-state index is 11.6. The van der Waals surface area contributed by atoms with Crippen molar-refractivity contribution in [3.8, 4) is 0 Å². The molecule has 0 spiro atoms. The minimum atomic E-state index is -3.98. The Hall–Kier alpha value is -1.80. The summed E-state index contributed by atoms with van der Waals surface area (Å²) in [7, 11) is -2.89. The molecule has 0 radical (unpaired) electrons. The number of amides is 1. The van der Waals surface area contributed by atoms with E-state index in [4.69, 9.17) is 0 Å². The van der Waals surface area contributed by atoms with Crippen LogP contribution < -0.4 is 14.8 Å². The minimum absolute atomic E-state index is 0.367. The molecular formula is C11H17N3O4S. The van der Waals surface area contributed by atoms with Crippen molar-refractivity contribution in [2.75, 3.05) is 18.4 Å². The van der Waals surface area contributed by atoms with E-state index in [1.807, 2.05) is 13.0 Å². The monoisotopic (exact) mass is 287 g/mol. The topological polar surface area (TPSA) is 96.5 Å². The van der Waals surface area contributed by atoms with Gasteiger partial charge in [0.15, 0.2) is 0 Å². The number of hydrogen-bond donors (Lipinski definition) is 3. The van der Waals surface area contributed by atoms with Crippen molar-refractivity contribution in [3.63, 3.8) is 0 Å². The zero-order valence-corrected chi connectivity index (χ0v) is 11.6. The lowest BCUT2D eigenvalue weighted by Crippen LogP contribution is -2.35. The molecule has 19 heavy (non-hydrogen) atoms. The van der Waals surface area contributed by atoms with Crippen LogP contribution in [-0.2, 0) is 21.5 Å². The molecule has 1 aromatic rings. The highest BCUT2D eigenvalue weighted by molar-refractivity contribution is 7.91. The van der Waals surface area contributed by atoms with Crippen molar-refractivity contribution in [1.29, 1.82) is 0 Å². The summed E-state index contributed by atoms with van der Waals surface area (Å²) in [6, 6.07) is 6.86. The first-order chi connectivity index (χ1) is 8.96. The molecule has 1 amide bonds. The smallest absolute Gasteiger partial charge is 0.422 e. The number of hydrogen-bond acceptors (Lipinski definition) is 5. The zero-order valence-electron chi connectivity index (χ0n) is 10.8. The Morgan fingerprint density at radius 3 is 2.74 bits per heavy atom. The van der Waals surface area contributed by atoms with E-state index in [2.05, 4.69) is 14.8 Å². The van der Waals surface area contributed by atoms with E-state index in [0.717, 1.165) is 19.2 Å². The van der Waals surface area contributed by atoms with Gasteiger partial charge in [-0.05, 0) is 24.2 Å². The summed E-state index contributed by atoms with van der Waals surface area (Å²) in [6.45, 7) is 3.43. The summed E-state index contributed by atoms with van der Waals surface area (Å²) in [5.74, 6) is 0. The van der Waals surface area contributed by atoms with Crippen LogP contribution in [0, 0.1) is 0 Å². The van der Waals surface area contributed by atoms with Crippen LogP contribution in [0.25, 0.3) is 0 Å². The van der Waals surface area contributed by atoms with Gasteiger partial charge in [0.25, 0.3) is 0 Å². The van der Waals surface area contributed by atoms with Crippen LogP contribution in [0.3, 0.4) is 0 Å². The molecule has 0 fully saturated rings. The van der Waals surface area contributed by atoms with Gasteiger partial charge >= 0.3 is 16.3 Å². The third kappa shape index (κ3) is 5.58. The predicted octanol–water partition coefficient (Wildman–Crippen LogP) is 0.809. The van der Waals surface area contributed by atoms with Gasteiger partial charge in [0, 0.05) is 6.54 Å². The molecule has 1 aromatic carbocycles. The van der Waals surface area contributed by atoms with Crippen molar-refractivity contribution >= 4 is 22.0 Å². The molecule has 0 saturated heterocycles. The molecular weight excluding hydrogens is 270 g/mol. The molecule has 7 nitrogen and oxygen atoms in total. The maximum absolute atomic E-state index is 11.6. The summed E-state index contributed by atoms with van der Waals surface area (Å²) < 4.78 is 31.3. The van der Waals surface area contributed by atoms with Crippen LogP contribution in [0.4, 0.5) is 10.5 Å². The fourth-order valence-electron chi connectivity index (χ4n) is 1.35. The Morgan fingerprint density at radius 1 is 1.37 bits per heavy atom. The van der Waals surface area contributed by atoms with Gasteiger partial charge in [-0.1, -0.05) is 19.1 Å². The standard InChI is InChI=1S/C11H17N3O4S/c1-3-12-8-9-5-4-6-10(7-9)13-19(16,17)14-11(15)18-2/h4-7,12-13H,3,8H2,1-2H3,(H,14,15). The Bertz CT molecular complexity index is 530. The van der Waals surface area contributed by atoms with E-state index in [0.29, 0.717) is 12.2 Å². The van der Waals surface area contributed by atoms with E-state index >= 15 is 0 Å². The number of rotatable bonds is 6. The van der Waals surface area contributed by atoms with Gasteiger partial charge in [-0.2, -0.15) is 8.42 Å². The highest BCUT2D eigenvalue weighted by Gasteiger charge is 2.14. The number of ether oxygens (including phenoxy) is 1. The third-order valence-electron chi connectivity index (χ3n) is 2.16. The fourth-order valence-corrected chi connectivity index (χ4v) is 2.14. The molecule has 0 atom stereocenters. The second-order valence-corrected chi connectivity index (χ2v) is 5.09. The van der Waals surface area contributed by atoms with Crippen molar-refractivity contribution in [1.82, 2.24) is 10.0 Å². The number of carbonyl (C=O) groups excluding carboxylic acids is 1. The fraction of sp³-hybridized carbons (Fsp3) is 0.364. The van der Waals surface area contributed by atoms with Crippen molar-refractivity contribution in [2.24, 2.45) is 0 Å². The first-order valence-electron chi connectivity index (χ1n) is 5.65. The summed E-state index contributed by atoms with van der Waals surface area (Å²) in [4.78, 5) is 10.9. The number of benzene rings is 1. The second-order valence-electron chi connectivity index (χ2n) is 3.68. The quantitative estimate of drug-likeness (QED) is 0.719. The molecule has 3 N–H and O–H groups in total. The van der Waals surface area contributed by atoms with Gasteiger partial charge in [0.05, 0.1) is 12.8 Å².